The van der Waals surface area contributed by atoms with Crippen LogP contribution in [0.1, 0.15) is 34.1 Å². The van der Waals surface area contributed by atoms with Gasteiger partial charge in [-0.1, -0.05) is 17.2 Å². The third-order valence-electron chi connectivity index (χ3n) is 1.16. The van der Waals surface area contributed by atoms with E-state index in [1.54, 1.807) is 6.08 Å². The molecule has 11 heavy (non-hydrogen) atoms. The normalized spacial score (nSPS) is 8.73. The van der Waals surface area contributed by atoms with Crippen molar-refractivity contribution < 1.29 is 4.79 Å². The third-order valence-corrected chi connectivity index (χ3v) is 1.16. The highest BCUT2D eigenvalue weighted by molar-refractivity contribution is 5.91. The zero-order valence-electron chi connectivity index (χ0n) is 7.77. The quantitative estimate of drug-likeness (QED) is 0.449. The standard InChI is InChI=1S/C10H16O/c1-8(2)5-6-10(11)7-9(3)4/h5,7H,6H2,1-4H3. The fourth-order valence-electron chi connectivity index (χ4n) is 0.686. The van der Waals surface area contributed by atoms with Crippen molar-refractivity contribution in [2.24, 2.45) is 0 Å². The lowest BCUT2D eigenvalue weighted by molar-refractivity contribution is -0.113. The van der Waals surface area contributed by atoms with Crippen LogP contribution in [0.25, 0.3) is 0 Å². The molecule has 0 radical (unpaired) electrons. The van der Waals surface area contributed by atoms with E-state index in [1.165, 1.54) is 5.57 Å². The van der Waals surface area contributed by atoms with E-state index in [1.807, 2.05) is 33.8 Å². The topological polar surface area (TPSA) is 17.1 Å². The van der Waals surface area contributed by atoms with Gasteiger partial charge in [0.05, 0.1) is 0 Å². The number of hydrogen-bond acceptors (Lipinski definition) is 1. The summed E-state index contributed by atoms with van der Waals surface area (Å²) in [6, 6.07) is 0. The molecule has 0 saturated heterocycles. The average Bonchev–Trinajstić information content (AvgIpc) is 1.82. The van der Waals surface area contributed by atoms with E-state index in [0.717, 1.165) is 5.57 Å². The lowest BCUT2D eigenvalue weighted by atomic mass is 10.2. The van der Waals surface area contributed by atoms with Crippen molar-refractivity contribution in [3.63, 3.8) is 0 Å². The minimum absolute atomic E-state index is 0.186. The van der Waals surface area contributed by atoms with Gasteiger partial charge in [-0.05, 0) is 33.8 Å². The second-order valence-electron chi connectivity index (χ2n) is 3.17. The molecule has 0 aromatic rings. The Morgan fingerprint density at radius 3 is 2.00 bits per heavy atom. The molecular formula is C10H16O. The zero-order valence-corrected chi connectivity index (χ0v) is 7.77. The van der Waals surface area contributed by atoms with Gasteiger partial charge in [0.1, 0.15) is 0 Å². The van der Waals surface area contributed by atoms with Crippen molar-refractivity contribution in [2.75, 3.05) is 0 Å². The maximum atomic E-state index is 11.0. The first kappa shape index (κ1) is 10.2. The van der Waals surface area contributed by atoms with Crippen LogP contribution in [-0.2, 0) is 4.79 Å². The Morgan fingerprint density at radius 1 is 1.09 bits per heavy atom. The lowest BCUT2D eigenvalue weighted by Gasteiger charge is -1.90. The van der Waals surface area contributed by atoms with E-state index in [4.69, 9.17) is 0 Å². The van der Waals surface area contributed by atoms with Gasteiger partial charge in [-0.2, -0.15) is 0 Å². The summed E-state index contributed by atoms with van der Waals surface area (Å²) in [5.41, 5.74) is 2.26. The van der Waals surface area contributed by atoms with Gasteiger partial charge < -0.3 is 0 Å². The Kier molecular flexibility index (Phi) is 4.51. The number of allylic oxidation sites excluding steroid dienone is 4. The highest BCUT2D eigenvalue weighted by Crippen LogP contribution is 1.97. The second-order valence-corrected chi connectivity index (χ2v) is 3.17. The maximum absolute atomic E-state index is 11.0. The van der Waals surface area contributed by atoms with Crippen LogP contribution in [-0.4, -0.2) is 5.78 Å². The number of hydrogen-bond donors (Lipinski definition) is 0. The molecule has 0 aromatic carbocycles. The van der Waals surface area contributed by atoms with Crippen molar-refractivity contribution in [2.45, 2.75) is 34.1 Å². The predicted molar refractivity (Wildman–Crippen MR) is 48.5 cm³/mol. The van der Waals surface area contributed by atoms with Crippen LogP contribution in [0.3, 0.4) is 0 Å². The summed E-state index contributed by atoms with van der Waals surface area (Å²) in [4.78, 5) is 11.0. The lowest BCUT2D eigenvalue weighted by Crippen LogP contribution is -1.90. The molecule has 0 aliphatic rings. The smallest absolute Gasteiger partial charge is 0.159 e. The molecule has 0 aliphatic heterocycles. The summed E-state index contributed by atoms with van der Waals surface area (Å²) in [6.45, 7) is 7.85. The molecule has 1 nitrogen and oxygen atoms in total. The molecule has 0 aliphatic carbocycles. The van der Waals surface area contributed by atoms with Crippen LogP contribution in [0.2, 0.25) is 0 Å². The van der Waals surface area contributed by atoms with E-state index < -0.39 is 0 Å². The third kappa shape index (κ3) is 7.04. The van der Waals surface area contributed by atoms with E-state index in [2.05, 4.69) is 0 Å². The molecule has 0 rings (SSSR count). The summed E-state index contributed by atoms with van der Waals surface area (Å²) in [5.74, 6) is 0.186. The van der Waals surface area contributed by atoms with E-state index >= 15 is 0 Å². The second kappa shape index (κ2) is 4.89. The number of carbonyl (C=O) groups excluding carboxylic acids is 1. The van der Waals surface area contributed by atoms with Crippen molar-refractivity contribution >= 4 is 5.78 Å². The van der Waals surface area contributed by atoms with Gasteiger partial charge >= 0.3 is 0 Å². The first-order valence-corrected chi connectivity index (χ1v) is 3.83. The largest absolute Gasteiger partial charge is 0.295 e. The van der Waals surface area contributed by atoms with Gasteiger partial charge in [-0.15, -0.1) is 0 Å². The van der Waals surface area contributed by atoms with Crippen molar-refractivity contribution in [3.05, 3.63) is 23.3 Å². The fraction of sp³-hybridized carbons (Fsp3) is 0.500. The summed E-state index contributed by atoms with van der Waals surface area (Å²) in [5, 5.41) is 0. The number of ketones is 1. The fourth-order valence-corrected chi connectivity index (χ4v) is 0.686. The Hall–Kier alpha value is -0.850. The molecular weight excluding hydrogens is 136 g/mol. The van der Waals surface area contributed by atoms with E-state index in [9.17, 15) is 4.79 Å². The molecule has 0 saturated carbocycles. The zero-order chi connectivity index (χ0) is 8.85. The van der Waals surface area contributed by atoms with Gasteiger partial charge in [0, 0.05) is 6.42 Å². The summed E-state index contributed by atoms with van der Waals surface area (Å²) >= 11 is 0. The van der Waals surface area contributed by atoms with Gasteiger partial charge in [-0.25, -0.2) is 0 Å². The molecule has 0 N–H and O–H groups in total. The average molecular weight is 152 g/mol. The van der Waals surface area contributed by atoms with Gasteiger partial charge in [0.25, 0.3) is 0 Å². The highest BCUT2D eigenvalue weighted by atomic mass is 16.1. The SMILES string of the molecule is CC(C)=CCC(=O)C=C(C)C. The van der Waals surface area contributed by atoms with E-state index in [-0.39, 0.29) is 5.78 Å². The van der Waals surface area contributed by atoms with Gasteiger partial charge in [0.15, 0.2) is 5.78 Å². The molecule has 0 atom stereocenters. The molecule has 0 spiro atoms. The summed E-state index contributed by atoms with van der Waals surface area (Å²) in [6.07, 6.45) is 4.16. The van der Waals surface area contributed by atoms with Crippen LogP contribution in [0, 0.1) is 0 Å². The van der Waals surface area contributed by atoms with Crippen LogP contribution < -0.4 is 0 Å². The van der Waals surface area contributed by atoms with E-state index in [0.29, 0.717) is 6.42 Å². The maximum Gasteiger partial charge on any atom is 0.159 e. The minimum Gasteiger partial charge on any atom is -0.295 e. The van der Waals surface area contributed by atoms with Crippen LogP contribution in [0.4, 0.5) is 0 Å². The Labute approximate surface area is 68.8 Å². The Balaban J connectivity index is 3.91. The number of rotatable bonds is 3. The Bertz CT molecular complexity index is 189. The molecule has 0 amide bonds. The van der Waals surface area contributed by atoms with Crippen molar-refractivity contribution in [1.82, 2.24) is 0 Å². The molecule has 0 heterocycles. The van der Waals surface area contributed by atoms with Gasteiger partial charge in [0.2, 0.25) is 0 Å². The molecule has 0 aromatic heterocycles. The molecule has 0 bridgehead atoms. The van der Waals surface area contributed by atoms with Crippen LogP contribution in [0.15, 0.2) is 23.3 Å². The molecule has 1 heteroatoms. The van der Waals surface area contributed by atoms with Crippen molar-refractivity contribution in [1.29, 1.82) is 0 Å². The minimum atomic E-state index is 0.186. The first-order valence-electron chi connectivity index (χ1n) is 3.83. The van der Waals surface area contributed by atoms with Crippen LogP contribution in [0.5, 0.6) is 0 Å². The van der Waals surface area contributed by atoms with Crippen molar-refractivity contribution in [3.8, 4) is 0 Å². The molecule has 0 unspecified atom stereocenters. The predicted octanol–water partition coefficient (Wildman–Crippen LogP) is 2.88. The monoisotopic (exact) mass is 152 g/mol. The highest BCUT2D eigenvalue weighted by Gasteiger charge is 1.92. The summed E-state index contributed by atoms with van der Waals surface area (Å²) in [7, 11) is 0. The number of carbonyl (C=O) groups is 1. The first-order chi connectivity index (χ1) is 5.02. The Morgan fingerprint density at radius 2 is 1.64 bits per heavy atom. The van der Waals surface area contributed by atoms with Crippen LogP contribution >= 0.6 is 0 Å². The molecule has 0 fully saturated rings. The summed E-state index contributed by atoms with van der Waals surface area (Å²) < 4.78 is 0. The molecule has 62 valence electrons. The van der Waals surface area contributed by atoms with Gasteiger partial charge in [-0.3, -0.25) is 4.79 Å².